The number of hydrogen-bond donors (Lipinski definition) is 2. The van der Waals surface area contributed by atoms with E-state index in [-0.39, 0.29) is 11.3 Å². The molecule has 2 aromatic heterocycles. The number of aromatic hydroxyl groups is 1. The lowest BCUT2D eigenvalue weighted by molar-refractivity contribution is 0.454. The van der Waals surface area contributed by atoms with Gasteiger partial charge >= 0.3 is 5.63 Å². The molecule has 1 unspecified atom stereocenters. The summed E-state index contributed by atoms with van der Waals surface area (Å²) in [4.78, 5) is 16.5. The standard InChI is InChI=1S/C25H19NO3/c1-15-17-11-5-7-13-19(17)26-23(15)21(16-9-3-2-4-10-16)22-24(27)18-12-6-8-14-20(18)29-25(22)28/h2-14,21,26-27H,1H3. The van der Waals surface area contributed by atoms with Crippen LogP contribution in [0.3, 0.4) is 0 Å². The lowest BCUT2D eigenvalue weighted by Gasteiger charge is -2.19. The smallest absolute Gasteiger partial charge is 0.344 e. The highest BCUT2D eigenvalue weighted by atomic mass is 16.4. The summed E-state index contributed by atoms with van der Waals surface area (Å²) in [6, 6.07) is 24.8. The molecule has 29 heavy (non-hydrogen) atoms. The van der Waals surface area contributed by atoms with Gasteiger partial charge in [0.2, 0.25) is 0 Å². The predicted octanol–water partition coefficient (Wildman–Crippen LogP) is 5.47. The molecule has 0 bridgehead atoms. The van der Waals surface area contributed by atoms with Crippen LogP contribution >= 0.6 is 0 Å². The maximum atomic E-state index is 13.0. The normalized spacial score (nSPS) is 12.4. The Morgan fingerprint density at radius 3 is 2.28 bits per heavy atom. The summed E-state index contributed by atoms with van der Waals surface area (Å²) < 4.78 is 5.58. The van der Waals surface area contributed by atoms with E-state index in [4.69, 9.17) is 4.42 Å². The minimum atomic E-state index is -0.534. The van der Waals surface area contributed by atoms with Crippen LogP contribution in [0.2, 0.25) is 0 Å². The van der Waals surface area contributed by atoms with Gasteiger partial charge in [-0.15, -0.1) is 0 Å². The van der Waals surface area contributed by atoms with Gasteiger partial charge in [-0.2, -0.15) is 0 Å². The van der Waals surface area contributed by atoms with E-state index in [1.165, 1.54) is 0 Å². The third kappa shape index (κ3) is 2.72. The van der Waals surface area contributed by atoms with Gasteiger partial charge in [0.1, 0.15) is 11.3 Å². The quantitative estimate of drug-likeness (QED) is 0.407. The Hall–Kier alpha value is -3.79. The Labute approximate surface area is 167 Å². The second-order valence-electron chi connectivity index (χ2n) is 7.20. The topological polar surface area (TPSA) is 66.2 Å². The monoisotopic (exact) mass is 381 g/mol. The van der Waals surface area contributed by atoms with Crippen molar-refractivity contribution in [2.45, 2.75) is 12.8 Å². The highest BCUT2D eigenvalue weighted by Crippen LogP contribution is 2.40. The van der Waals surface area contributed by atoms with Crippen molar-refractivity contribution in [3.63, 3.8) is 0 Å². The van der Waals surface area contributed by atoms with E-state index in [1.807, 2.05) is 61.5 Å². The SMILES string of the molecule is Cc1c(C(c2ccccc2)c2c(O)c3ccccc3oc2=O)[nH]c2ccccc12. The van der Waals surface area contributed by atoms with Gasteiger partial charge in [-0.25, -0.2) is 4.79 Å². The first-order chi connectivity index (χ1) is 14.1. The molecule has 0 saturated heterocycles. The zero-order chi connectivity index (χ0) is 20.0. The number of rotatable bonds is 3. The van der Waals surface area contributed by atoms with Crippen molar-refractivity contribution in [3.05, 3.63) is 112 Å². The van der Waals surface area contributed by atoms with Crippen LogP contribution in [-0.2, 0) is 0 Å². The van der Waals surface area contributed by atoms with Crippen molar-refractivity contribution in [2.24, 2.45) is 0 Å². The molecular weight excluding hydrogens is 362 g/mol. The van der Waals surface area contributed by atoms with Crippen molar-refractivity contribution in [2.75, 3.05) is 0 Å². The second kappa shape index (κ2) is 6.67. The van der Waals surface area contributed by atoms with E-state index in [1.54, 1.807) is 18.2 Å². The van der Waals surface area contributed by atoms with Crippen molar-refractivity contribution in [1.29, 1.82) is 0 Å². The van der Waals surface area contributed by atoms with Crippen LogP contribution in [0, 0.1) is 6.92 Å². The van der Waals surface area contributed by atoms with Crippen LogP contribution in [0.5, 0.6) is 5.75 Å². The molecule has 5 rings (SSSR count). The summed E-state index contributed by atoms with van der Waals surface area (Å²) in [6.07, 6.45) is 0. The number of para-hydroxylation sites is 2. The summed E-state index contributed by atoms with van der Waals surface area (Å²) >= 11 is 0. The van der Waals surface area contributed by atoms with E-state index in [2.05, 4.69) is 11.1 Å². The van der Waals surface area contributed by atoms with Gasteiger partial charge in [-0.3, -0.25) is 0 Å². The zero-order valence-corrected chi connectivity index (χ0v) is 15.8. The Morgan fingerprint density at radius 2 is 1.52 bits per heavy atom. The maximum absolute atomic E-state index is 13.0. The average Bonchev–Trinajstić information content (AvgIpc) is 3.08. The first-order valence-electron chi connectivity index (χ1n) is 9.52. The van der Waals surface area contributed by atoms with Gasteiger partial charge in [-0.05, 0) is 36.2 Å². The van der Waals surface area contributed by atoms with E-state index < -0.39 is 11.5 Å². The average molecular weight is 381 g/mol. The fourth-order valence-corrected chi connectivity index (χ4v) is 4.12. The van der Waals surface area contributed by atoms with Gasteiger partial charge in [0.25, 0.3) is 0 Å². The van der Waals surface area contributed by atoms with Crippen molar-refractivity contribution < 1.29 is 9.52 Å². The van der Waals surface area contributed by atoms with Gasteiger partial charge in [0, 0.05) is 16.6 Å². The fraction of sp³-hybridized carbons (Fsp3) is 0.0800. The maximum Gasteiger partial charge on any atom is 0.344 e. The van der Waals surface area contributed by atoms with Gasteiger partial charge in [0.05, 0.1) is 16.9 Å². The number of benzene rings is 3. The molecule has 3 aromatic carbocycles. The molecule has 142 valence electrons. The third-order valence-corrected chi connectivity index (χ3v) is 5.53. The number of H-pyrrole nitrogens is 1. The predicted molar refractivity (Wildman–Crippen MR) is 115 cm³/mol. The largest absolute Gasteiger partial charge is 0.507 e. The van der Waals surface area contributed by atoms with Crippen LogP contribution in [0.15, 0.2) is 88.1 Å². The molecule has 4 heteroatoms. The van der Waals surface area contributed by atoms with E-state index in [0.29, 0.717) is 11.0 Å². The highest BCUT2D eigenvalue weighted by molar-refractivity contribution is 5.87. The van der Waals surface area contributed by atoms with Gasteiger partial charge in [-0.1, -0.05) is 60.7 Å². The first-order valence-corrected chi connectivity index (χ1v) is 9.52. The molecule has 0 aliphatic heterocycles. The van der Waals surface area contributed by atoms with E-state index in [0.717, 1.165) is 27.7 Å². The first kappa shape index (κ1) is 17.3. The molecule has 2 N–H and O–H groups in total. The Morgan fingerprint density at radius 1 is 0.862 bits per heavy atom. The van der Waals surface area contributed by atoms with E-state index in [9.17, 15) is 9.90 Å². The zero-order valence-electron chi connectivity index (χ0n) is 15.8. The summed E-state index contributed by atoms with van der Waals surface area (Å²) in [5.41, 5.74) is 3.89. The number of hydrogen-bond acceptors (Lipinski definition) is 3. The summed E-state index contributed by atoms with van der Waals surface area (Å²) in [5.74, 6) is -0.520. The van der Waals surface area contributed by atoms with Crippen LogP contribution < -0.4 is 5.63 Å². The molecule has 0 saturated carbocycles. The van der Waals surface area contributed by atoms with Gasteiger partial charge in [0.15, 0.2) is 0 Å². The lowest BCUT2D eigenvalue weighted by Crippen LogP contribution is -2.16. The van der Waals surface area contributed by atoms with Crippen molar-refractivity contribution in [3.8, 4) is 5.75 Å². The highest BCUT2D eigenvalue weighted by Gasteiger charge is 2.29. The molecule has 1 atom stereocenters. The summed E-state index contributed by atoms with van der Waals surface area (Å²) in [6.45, 7) is 2.03. The minimum Gasteiger partial charge on any atom is -0.507 e. The molecule has 0 aliphatic carbocycles. The summed E-state index contributed by atoms with van der Waals surface area (Å²) in [5, 5.41) is 12.7. The molecule has 4 nitrogen and oxygen atoms in total. The fourth-order valence-electron chi connectivity index (χ4n) is 4.12. The lowest BCUT2D eigenvalue weighted by atomic mass is 9.86. The van der Waals surface area contributed by atoms with Crippen LogP contribution in [0.1, 0.15) is 28.3 Å². The van der Waals surface area contributed by atoms with Crippen LogP contribution in [0.4, 0.5) is 0 Å². The molecule has 0 aliphatic rings. The van der Waals surface area contributed by atoms with Crippen LogP contribution in [-0.4, -0.2) is 10.1 Å². The van der Waals surface area contributed by atoms with Crippen LogP contribution in [0.25, 0.3) is 21.9 Å². The molecule has 0 radical (unpaired) electrons. The van der Waals surface area contributed by atoms with Crippen molar-refractivity contribution in [1.82, 2.24) is 4.98 Å². The molecular formula is C25H19NO3. The molecule has 5 aromatic rings. The minimum absolute atomic E-state index is 0.0382. The number of aromatic amines is 1. The molecule has 0 fully saturated rings. The number of aromatic nitrogens is 1. The second-order valence-corrected chi connectivity index (χ2v) is 7.20. The Bertz CT molecular complexity index is 1400. The molecule has 2 heterocycles. The number of aryl methyl sites for hydroxylation is 1. The summed E-state index contributed by atoms with van der Waals surface area (Å²) in [7, 11) is 0. The third-order valence-electron chi connectivity index (χ3n) is 5.53. The molecule has 0 amide bonds. The van der Waals surface area contributed by atoms with Crippen molar-refractivity contribution >= 4 is 21.9 Å². The Balaban J connectivity index is 1.86. The van der Waals surface area contributed by atoms with Gasteiger partial charge < -0.3 is 14.5 Å². The number of nitrogens with one attached hydrogen (secondary N) is 1. The Kier molecular flexibility index (Phi) is 3.98. The number of fused-ring (bicyclic) bond motifs is 2. The molecule has 0 spiro atoms. The van der Waals surface area contributed by atoms with E-state index >= 15 is 0 Å².